The first kappa shape index (κ1) is 21.0. The molecule has 31 heavy (non-hydrogen) atoms. The molecule has 162 valence electrons. The van der Waals surface area contributed by atoms with Crippen LogP contribution in [0.2, 0.25) is 0 Å². The maximum atomic E-state index is 13.3. The van der Waals surface area contributed by atoms with E-state index in [1.165, 1.54) is 22.6 Å². The molecule has 4 rings (SSSR count). The summed E-state index contributed by atoms with van der Waals surface area (Å²) in [6.07, 6.45) is 3.54. The molecule has 8 heteroatoms. The Bertz CT molecular complexity index is 1040. The molecular formula is C23H23F2N3O3. The molecular weight excluding hydrogens is 404 g/mol. The Morgan fingerprint density at radius 2 is 1.97 bits per heavy atom. The van der Waals surface area contributed by atoms with E-state index in [1.807, 2.05) is 30.3 Å². The molecule has 6 nitrogen and oxygen atoms in total. The summed E-state index contributed by atoms with van der Waals surface area (Å²) in [7, 11) is 1.55. The topological polar surface area (TPSA) is 88.2 Å². The Morgan fingerprint density at radius 3 is 2.55 bits per heavy atom. The number of guanidine groups is 1. The lowest BCUT2D eigenvalue weighted by atomic mass is 9.74. The molecule has 1 unspecified atom stereocenters. The normalized spacial score (nSPS) is 23.1. The molecule has 1 saturated carbocycles. The number of carbonyl (C=O) groups is 1. The van der Waals surface area contributed by atoms with E-state index in [0.717, 1.165) is 18.4 Å². The van der Waals surface area contributed by atoms with Crippen molar-refractivity contribution in [1.29, 1.82) is 0 Å². The van der Waals surface area contributed by atoms with Crippen molar-refractivity contribution < 1.29 is 23.4 Å². The van der Waals surface area contributed by atoms with Crippen LogP contribution < -0.4 is 10.5 Å². The summed E-state index contributed by atoms with van der Waals surface area (Å²) in [5.74, 6) is 0.0579. The predicted octanol–water partition coefficient (Wildman–Crippen LogP) is 3.11. The van der Waals surface area contributed by atoms with Crippen molar-refractivity contribution in [2.45, 2.75) is 30.9 Å². The molecule has 2 aromatic rings. The van der Waals surface area contributed by atoms with Crippen molar-refractivity contribution in [1.82, 2.24) is 4.90 Å². The van der Waals surface area contributed by atoms with Gasteiger partial charge in [-0.1, -0.05) is 48.0 Å². The second-order valence-electron chi connectivity index (χ2n) is 7.72. The minimum atomic E-state index is -2.93. The van der Waals surface area contributed by atoms with Crippen molar-refractivity contribution in [3.63, 3.8) is 0 Å². The highest BCUT2D eigenvalue weighted by atomic mass is 19.3. The fourth-order valence-electron chi connectivity index (χ4n) is 4.18. The molecule has 0 aromatic heterocycles. The van der Waals surface area contributed by atoms with Gasteiger partial charge < -0.3 is 15.6 Å². The molecule has 1 atom stereocenters. The smallest absolute Gasteiger partial charge is 0.387 e. The van der Waals surface area contributed by atoms with Gasteiger partial charge >= 0.3 is 6.61 Å². The number of alkyl halides is 2. The van der Waals surface area contributed by atoms with Gasteiger partial charge in [0.2, 0.25) is 0 Å². The van der Waals surface area contributed by atoms with Crippen LogP contribution in [0, 0.1) is 0 Å². The number of rotatable bonds is 6. The number of amides is 1. The summed E-state index contributed by atoms with van der Waals surface area (Å²) < 4.78 is 29.5. The number of aliphatic imine (C=N–C) groups is 1. The Kier molecular flexibility index (Phi) is 5.49. The maximum absolute atomic E-state index is 13.3. The van der Waals surface area contributed by atoms with E-state index in [1.54, 1.807) is 19.2 Å². The molecule has 1 aliphatic carbocycles. The standard InChI is InChI=1S/C23H23F2N3O3/c1-28-20(30)23(27-22(28)26,17-5-7-19(8-6-17)31-21(24)25)18-4-2-3-15(13-18)16-11-14(12-16)9-10-29/h2-9,13,16,21,29H,10-12H2,1H3,(H2,26,27). The number of nitrogens with two attached hydrogens (primary N) is 1. The first-order valence-corrected chi connectivity index (χ1v) is 9.93. The van der Waals surface area contributed by atoms with Gasteiger partial charge in [-0.05, 0) is 47.6 Å². The van der Waals surface area contributed by atoms with Gasteiger partial charge in [0.05, 0.1) is 6.61 Å². The van der Waals surface area contributed by atoms with Crippen LogP contribution in [0.15, 0.2) is 65.2 Å². The van der Waals surface area contributed by atoms with Crippen LogP contribution in [-0.4, -0.2) is 42.1 Å². The molecule has 2 aliphatic rings. The van der Waals surface area contributed by atoms with E-state index in [0.29, 0.717) is 17.0 Å². The van der Waals surface area contributed by atoms with Crippen LogP contribution in [-0.2, 0) is 10.3 Å². The van der Waals surface area contributed by atoms with Crippen molar-refractivity contribution >= 4 is 11.9 Å². The zero-order chi connectivity index (χ0) is 22.2. The van der Waals surface area contributed by atoms with Crippen LogP contribution in [0.5, 0.6) is 5.75 Å². The number of allylic oxidation sites excluding steroid dienone is 1. The molecule has 1 amide bonds. The maximum Gasteiger partial charge on any atom is 0.387 e. The van der Waals surface area contributed by atoms with Crippen LogP contribution in [0.3, 0.4) is 0 Å². The van der Waals surface area contributed by atoms with Crippen LogP contribution in [0.1, 0.15) is 35.4 Å². The SMILES string of the molecule is CN1C(=O)C(c2ccc(OC(F)F)cc2)(c2cccc(C3CC(=CCO)C3)c2)N=C1N. The van der Waals surface area contributed by atoms with Gasteiger partial charge in [0, 0.05) is 7.05 Å². The molecule has 0 radical (unpaired) electrons. The van der Waals surface area contributed by atoms with Gasteiger partial charge in [0.15, 0.2) is 11.5 Å². The molecule has 1 aliphatic heterocycles. The molecule has 2 aromatic carbocycles. The number of aliphatic hydroxyl groups is 1. The third-order valence-corrected chi connectivity index (χ3v) is 5.91. The highest BCUT2D eigenvalue weighted by molar-refractivity contribution is 6.08. The van der Waals surface area contributed by atoms with Crippen molar-refractivity contribution in [2.24, 2.45) is 10.7 Å². The number of halogens is 2. The molecule has 1 heterocycles. The summed E-state index contributed by atoms with van der Waals surface area (Å²) in [5.41, 5.74) is 8.05. The predicted molar refractivity (Wildman–Crippen MR) is 112 cm³/mol. The number of nitrogens with zero attached hydrogens (tertiary/aromatic N) is 2. The van der Waals surface area contributed by atoms with E-state index in [-0.39, 0.29) is 24.2 Å². The van der Waals surface area contributed by atoms with E-state index in [2.05, 4.69) is 9.73 Å². The van der Waals surface area contributed by atoms with E-state index < -0.39 is 12.2 Å². The number of hydrogen-bond donors (Lipinski definition) is 2. The van der Waals surface area contributed by atoms with Gasteiger partial charge in [0.25, 0.3) is 5.91 Å². The summed E-state index contributed by atoms with van der Waals surface area (Å²) in [6, 6.07) is 13.6. The lowest BCUT2D eigenvalue weighted by Gasteiger charge is -2.32. The third-order valence-electron chi connectivity index (χ3n) is 5.91. The summed E-state index contributed by atoms with van der Waals surface area (Å²) >= 11 is 0. The summed E-state index contributed by atoms with van der Waals surface area (Å²) in [6.45, 7) is -2.90. The Morgan fingerprint density at radius 1 is 1.26 bits per heavy atom. The van der Waals surface area contributed by atoms with Crippen molar-refractivity contribution in [2.75, 3.05) is 13.7 Å². The Balaban J connectivity index is 1.75. The Hall–Kier alpha value is -3.26. The molecule has 0 saturated heterocycles. The van der Waals surface area contributed by atoms with E-state index in [9.17, 15) is 13.6 Å². The van der Waals surface area contributed by atoms with Crippen LogP contribution in [0.25, 0.3) is 0 Å². The van der Waals surface area contributed by atoms with Gasteiger partial charge in [0.1, 0.15) is 5.75 Å². The second kappa shape index (κ2) is 8.11. The van der Waals surface area contributed by atoms with Gasteiger partial charge in [-0.3, -0.25) is 9.69 Å². The zero-order valence-corrected chi connectivity index (χ0v) is 17.0. The highest BCUT2D eigenvalue weighted by Crippen LogP contribution is 2.44. The highest BCUT2D eigenvalue weighted by Gasteiger charge is 2.49. The molecule has 0 bridgehead atoms. The minimum Gasteiger partial charge on any atom is -0.435 e. The summed E-state index contributed by atoms with van der Waals surface area (Å²) in [4.78, 5) is 19.2. The second-order valence-corrected chi connectivity index (χ2v) is 7.72. The van der Waals surface area contributed by atoms with Gasteiger partial charge in [-0.2, -0.15) is 8.78 Å². The molecule has 1 fully saturated rings. The number of benzene rings is 2. The zero-order valence-electron chi connectivity index (χ0n) is 17.0. The first-order valence-electron chi connectivity index (χ1n) is 9.93. The first-order chi connectivity index (χ1) is 14.8. The minimum absolute atomic E-state index is 0.00364. The van der Waals surface area contributed by atoms with Crippen molar-refractivity contribution in [3.8, 4) is 5.75 Å². The van der Waals surface area contributed by atoms with E-state index in [4.69, 9.17) is 10.8 Å². The monoisotopic (exact) mass is 427 g/mol. The average molecular weight is 427 g/mol. The number of hydrogen-bond acceptors (Lipinski definition) is 5. The molecule has 0 spiro atoms. The number of ether oxygens (including phenoxy) is 1. The average Bonchev–Trinajstić information content (AvgIpc) is 2.95. The third kappa shape index (κ3) is 3.67. The van der Waals surface area contributed by atoms with E-state index >= 15 is 0 Å². The van der Waals surface area contributed by atoms with Crippen LogP contribution in [0.4, 0.5) is 8.78 Å². The lowest BCUT2D eigenvalue weighted by Crippen LogP contribution is -2.41. The number of aliphatic hydroxyl groups excluding tert-OH is 1. The quantitative estimate of drug-likeness (QED) is 0.694. The van der Waals surface area contributed by atoms with Crippen molar-refractivity contribution in [3.05, 3.63) is 76.9 Å². The number of likely N-dealkylation sites (N-methyl/N-ethyl adjacent to an activating group) is 1. The van der Waals surface area contributed by atoms with Crippen LogP contribution >= 0.6 is 0 Å². The van der Waals surface area contributed by atoms with Gasteiger partial charge in [-0.15, -0.1) is 0 Å². The summed E-state index contributed by atoms with van der Waals surface area (Å²) in [5, 5.41) is 9.06. The van der Waals surface area contributed by atoms with Gasteiger partial charge in [-0.25, -0.2) is 4.99 Å². The lowest BCUT2D eigenvalue weighted by molar-refractivity contribution is -0.129. The molecule has 3 N–H and O–H groups in total. The largest absolute Gasteiger partial charge is 0.435 e. The number of carbonyl (C=O) groups excluding carboxylic acids is 1. The fourth-order valence-corrected chi connectivity index (χ4v) is 4.18. The Labute approximate surface area is 178 Å². The fraction of sp³-hybridized carbons (Fsp3) is 0.304.